The van der Waals surface area contributed by atoms with E-state index in [0.717, 1.165) is 11.5 Å². The minimum absolute atomic E-state index is 0.296. The Morgan fingerprint density at radius 2 is 1.04 bits per heavy atom. The van der Waals surface area contributed by atoms with Crippen LogP contribution in [0.3, 0.4) is 0 Å². The van der Waals surface area contributed by atoms with Crippen LogP contribution in [-0.2, 0) is 5.41 Å². The van der Waals surface area contributed by atoms with Gasteiger partial charge in [0.05, 0.1) is 0 Å². The summed E-state index contributed by atoms with van der Waals surface area (Å²) >= 11 is 0. The van der Waals surface area contributed by atoms with E-state index in [1.807, 2.05) is 30.3 Å². The van der Waals surface area contributed by atoms with Crippen LogP contribution in [0.15, 0.2) is 104 Å². The van der Waals surface area contributed by atoms with Crippen molar-refractivity contribution in [1.82, 2.24) is 0 Å². The van der Waals surface area contributed by atoms with Crippen molar-refractivity contribution < 1.29 is 9.47 Å². The van der Waals surface area contributed by atoms with E-state index in [2.05, 4.69) is 68.6 Å². The summed E-state index contributed by atoms with van der Waals surface area (Å²) < 4.78 is 11.3. The van der Waals surface area contributed by atoms with Crippen LogP contribution in [0.2, 0.25) is 0 Å². The number of hydrogen-bond donors (Lipinski definition) is 0. The highest BCUT2D eigenvalue weighted by molar-refractivity contribution is 5.51. The van der Waals surface area contributed by atoms with Crippen LogP contribution in [0, 0.1) is 0 Å². The third kappa shape index (κ3) is 4.17. The van der Waals surface area contributed by atoms with Gasteiger partial charge in [0.15, 0.2) is 0 Å². The summed E-state index contributed by atoms with van der Waals surface area (Å²) in [6, 6.07) is 27.1. The molecule has 3 aromatic carbocycles. The van der Waals surface area contributed by atoms with Crippen LogP contribution >= 0.6 is 0 Å². The van der Waals surface area contributed by atoms with E-state index in [-0.39, 0.29) is 5.41 Å². The van der Waals surface area contributed by atoms with Gasteiger partial charge in [-0.25, -0.2) is 0 Å². The minimum Gasteiger partial charge on any atom is -0.490 e. The van der Waals surface area contributed by atoms with Gasteiger partial charge in [-0.3, -0.25) is 0 Å². The summed E-state index contributed by atoms with van der Waals surface area (Å²) in [6.45, 7) is 10.6. The molecule has 0 atom stereocenters. The van der Waals surface area contributed by atoms with Crippen molar-refractivity contribution >= 4 is 0 Å². The average molecular weight is 370 g/mol. The van der Waals surface area contributed by atoms with Crippen LogP contribution in [0.4, 0.5) is 0 Å². The maximum Gasteiger partial charge on any atom is 0.119 e. The molecule has 0 aliphatic rings. The lowest BCUT2D eigenvalue weighted by molar-refractivity contribution is 0.363. The van der Waals surface area contributed by atoms with Crippen molar-refractivity contribution in [1.29, 1.82) is 0 Å². The predicted molar refractivity (Wildman–Crippen MR) is 116 cm³/mol. The summed E-state index contributed by atoms with van der Waals surface area (Å²) in [7, 11) is 0. The summed E-state index contributed by atoms with van der Waals surface area (Å²) in [5.74, 6) is 1.68. The Kier molecular flexibility index (Phi) is 6.33. The second-order valence-corrected chi connectivity index (χ2v) is 6.74. The summed E-state index contributed by atoms with van der Waals surface area (Å²) in [5.41, 5.74) is 3.33. The van der Waals surface area contributed by atoms with Gasteiger partial charge in [0.1, 0.15) is 24.7 Å². The standard InChI is InChI=1S/C26H26O2/c1-4-19-27-24-15-11-22(12-16-24)26(3,21-9-7-6-8-10-21)23-13-17-25(18-14-23)28-20-5-2/h4-18H,1-2,19-20H2,3H3. The molecule has 0 heterocycles. The number of hydrogen-bond acceptors (Lipinski definition) is 2. The number of rotatable bonds is 9. The Hall–Kier alpha value is -3.26. The molecule has 0 aliphatic carbocycles. The van der Waals surface area contributed by atoms with Crippen molar-refractivity contribution in [3.05, 3.63) is 121 Å². The highest BCUT2D eigenvalue weighted by Gasteiger charge is 2.31. The molecule has 3 rings (SSSR count). The highest BCUT2D eigenvalue weighted by atomic mass is 16.5. The molecule has 0 spiro atoms. The van der Waals surface area contributed by atoms with Gasteiger partial charge < -0.3 is 9.47 Å². The molecular formula is C26H26O2. The molecule has 142 valence electrons. The zero-order valence-corrected chi connectivity index (χ0v) is 16.3. The van der Waals surface area contributed by atoms with Crippen LogP contribution in [0.1, 0.15) is 23.6 Å². The predicted octanol–water partition coefficient (Wildman–Crippen LogP) is 6.17. The van der Waals surface area contributed by atoms with Gasteiger partial charge in [-0.2, -0.15) is 0 Å². The van der Waals surface area contributed by atoms with Crippen molar-refractivity contribution in [2.24, 2.45) is 0 Å². The molecule has 0 fully saturated rings. The quantitative estimate of drug-likeness (QED) is 0.331. The smallest absolute Gasteiger partial charge is 0.119 e. The average Bonchev–Trinajstić information content (AvgIpc) is 2.77. The molecule has 2 heteroatoms. The first kappa shape index (κ1) is 19.5. The topological polar surface area (TPSA) is 18.5 Å². The van der Waals surface area contributed by atoms with Gasteiger partial charge >= 0.3 is 0 Å². The highest BCUT2D eigenvalue weighted by Crippen LogP contribution is 2.39. The molecule has 2 nitrogen and oxygen atoms in total. The van der Waals surface area contributed by atoms with E-state index < -0.39 is 0 Å². The SMILES string of the molecule is C=CCOc1ccc(C(C)(c2ccccc2)c2ccc(OCC=C)cc2)cc1. The van der Waals surface area contributed by atoms with Gasteiger partial charge in [0.25, 0.3) is 0 Å². The monoisotopic (exact) mass is 370 g/mol. The first-order valence-corrected chi connectivity index (χ1v) is 9.42. The van der Waals surface area contributed by atoms with Gasteiger partial charge in [0, 0.05) is 5.41 Å². The first-order chi connectivity index (χ1) is 13.7. The second-order valence-electron chi connectivity index (χ2n) is 6.74. The van der Waals surface area contributed by atoms with E-state index in [1.165, 1.54) is 16.7 Å². The van der Waals surface area contributed by atoms with Gasteiger partial charge in [0.2, 0.25) is 0 Å². The molecule has 0 saturated carbocycles. The third-order valence-corrected chi connectivity index (χ3v) is 4.95. The fourth-order valence-corrected chi connectivity index (χ4v) is 3.35. The Morgan fingerprint density at radius 3 is 1.43 bits per heavy atom. The maximum atomic E-state index is 5.64. The largest absolute Gasteiger partial charge is 0.490 e. The zero-order chi connectivity index (χ0) is 19.8. The summed E-state index contributed by atoms with van der Waals surface area (Å²) in [5, 5.41) is 0. The molecular weight excluding hydrogens is 344 g/mol. The lowest BCUT2D eigenvalue weighted by Gasteiger charge is -2.32. The van der Waals surface area contributed by atoms with Gasteiger partial charge in [-0.15, -0.1) is 0 Å². The molecule has 3 aromatic rings. The zero-order valence-electron chi connectivity index (χ0n) is 16.3. The lowest BCUT2D eigenvalue weighted by atomic mass is 9.71. The Bertz CT molecular complexity index is 838. The molecule has 0 aromatic heterocycles. The van der Waals surface area contributed by atoms with Gasteiger partial charge in [-0.1, -0.05) is 79.9 Å². The molecule has 28 heavy (non-hydrogen) atoms. The van der Waals surface area contributed by atoms with Crippen molar-refractivity contribution in [3.8, 4) is 11.5 Å². The second kappa shape index (κ2) is 9.09. The van der Waals surface area contributed by atoms with E-state index in [0.29, 0.717) is 13.2 Å². The van der Waals surface area contributed by atoms with E-state index >= 15 is 0 Å². The van der Waals surface area contributed by atoms with Crippen molar-refractivity contribution in [3.63, 3.8) is 0 Å². The molecule has 0 amide bonds. The Labute approximate surface area is 167 Å². The fourth-order valence-electron chi connectivity index (χ4n) is 3.35. The Morgan fingerprint density at radius 1 is 0.643 bits per heavy atom. The molecule has 0 bridgehead atoms. The van der Waals surface area contributed by atoms with Crippen molar-refractivity contribution in [2.75, 3.05) is 13.2 Å². The minimum atomic E-state index is -0.296. The number of benzene rings is 3. The van der Waals surface area contributed by atoms with Crippen LogP contribution in [-0.4, -0.2) is 13.2 Å². The Balaban J connectivity index is 2.01. The lowest BCUT2D eigenvalue weighted by Crippen LogP contribution is -2.25. The molecule has 0 saturated heterocycles. The first-order valence-electron chi connectivity index (χ1n) is 9.42. The van der Waals surface area contributed by atoms with Crippen molar-refractivity contribution in [2.45, 2.75) is 12.3 Å². The van der Waals surface area contributed by atoms with E-state index in [4.69, 9.17) is 9.47 Å². The third-order valence-electron chi connectivity index (χ3n) is 4.95. The molecule has 0 unspecified atom stereocenters. The van der Waals surface area contributed by atoms with E-state index in [1.54, 1.807) is 12.2 Å². The molecule has 0 N–H and O–H groups in total. The fraction of sp³-hybridized carbons (Fsp3) is 0.154. The van der Waals surface area contributed by atoms with Crippen LogP contribution in [0.25, 0.3) is 0 Å². The normalized spacial score (nSPS) is 10.9. The van der Waals surface area contributed by atoms with Crippen LogP contribution < -0.4 is 9.47 Å². The molecule has 0 radical (unpaired) electrons. The van der Waals surface area contributed by atoms with E-state index in [9.17, 15) is 0 Å². The van der Waals surface area contributed by atoms with Crippen LogP contribution in [0.5, 0.6) is 11.5 Å². The summed E-state index contributed by atoms with van der Waals surface area (Å²) in [6.07, 6.45) is 3.50. The maximum absolute atomic E-state index is 5.64. The summed E-state index contributed by atoms with van der Waals surface area (Å²) in [4.78, 5) is 0. The van der Waals surface area contributed by atoms with Gasteiger partial charge in [-0.05, 0) is 47.9 Å². The molecule has 0 aliphatic heterocycles. The number of ether oxygens (including phenoxy) is 2.